The molecular weight excluding hydrogens is 437 g/mol. The number of nitrogens with one attached hydrogen (secondary N) is 2. The largest absolute Gasteiger partial charge is 0.442 e. The highest BCUT2D eigenvalue weighted by Gasteiger charge is 2.33. The fraction of sp³-hybridized carbons (Fsp3) is 0.333. The van der Waals surface area contributed by atoms with Gasteiger partial charge in [0.15, 0.2) is 0 Å². The lowest BCUT2D eigenvalue weighted by Gasteiger charge is -2.29. The van der Waals surface area contributed by atoms with Gasteiger partial charge in [0.2, 0.25) is 0 Å². The summed E-state index contributed by atoms with van der Waals surface area (Å²) in [6.45, 7) is 2.44. The fourth-order valence-corrected chi connectivity index (χ4v) is 3.61. The van der Waals surface area contributed by atoms with Gasteiger partial charge in [-0.2, -0.15) is 0 Å². The summed E-state index contributed by atoms with van der Waals surface area (Å²) in [4.78, 5) is 37.7. The van der Waals surface area contributed by atoms with E-state index in [1.54, 1.807) is 12.1 Å². The van der Waals surface area contributed by atoms with Crippen LogP contribution in [0.25, 0.3) is 0 Å². The van der Waals surface area contributed by atoms with Gasteiger partial charge in [-0.1, -0.05) is 0 Å². The third-order valence-electron chi connectivity index (χ3n) is 5.30. The molecule has 2 N–H and O–H groups in total. The van der Waals surface area contributed by atoms with Crippen LogP contribution in [0.2, 0.25) is 0 Å². The van der Waals surface area contributed by atoms with Crippen LogP contribution in [-0.4, -0.2) is 62.5 Å². The number of non-ortho nitro benzene ring substituents is 1. The van der Waals surface area contributed by atoms with E-state index >= 15 is 0 Å². The van der Waals surface area contributed by atoms with Crippen molar-refractivity contribution in [3.8, 4) is 0 Å². The number of ether oxygens (including phenoxy) is 2. The number of benzene rings is 2. The Bertz CT molecular complexity index is 1040. The monoisotopic (exact) mass is 459 g/mol. The summed E-state index contributed by atoms with van der Waals surface area (Å²) < 4.78 is 25.2. The number of carbonyl (C=O) groups excluding carboxylic acids is 2. The summed E-state index contributed by atoms with van der Waals surface area (Å²) in [5.41, 5.74) is 1.11. The number of anilines is 3. The van der Waals surface area contributed by atoms with E-state index in [9.17, 15) is 24.1 Å². The first-order chi connectivity index (χ1) is 15.9. The Hall–Kier alpha value is -3.93. The minimum absolute atomic E-state index is 0.0371. The van der Waals surface area contributed by atoms with Crippen LogP contribution in [0.15, 0.2) is 42.5 Å². The molecule has 2 saturated heterocycles. The number of hydrogen-bond donors (Lipinski definition) is 2. The summed E-state index contributed by atoms with van der Waals surface area (Å²) in [7, 11) is 0. The van der Waals surface area contributed by atoms with Crippen LogP contribution >= 0.6 is 0 Å². The number of amides is 3. The highest BCUT2D eigenvalue weighted by molar-refractivity contribution is 5.91. The van der Waals surface area contributed by atoms with Gasteiger partial charge in [0.1, 0.15) is 11.9 Å². The molecule has 4 rings (SSSR count). The second kappa shape index (κ2) is 9.69. The summed E-state index contributed by atoms with van der Waals surface area (Å²) in [5, 5.41) is 15.8. The molecule has 2 heterocycles. The molecule has 0 aliphatic carbocycles. The molecule has 0 radical (unpaired) electrons. The molecule has 2 fully saturated rings. The maximum absolute atomic E-state index is 14.7. The number of urea groups is 1. The predicted molar refractivity (Wildman–Crippen MR) is 117 cm³/mol. The minimum atomic E-state index is -0.629. The van der Waals surface area contributed by atoms with E-state index in [1.165, 1.54) is 35.2 Å². The second-order valence-corrected chi connectivity index (χ2v) is 7.49. The molecule has 11 nitrogen and oxygen atoms in total. The predicted octanol–water partition coefficient (Wildman–Crippen LogP) is 2.72. The maximum Gasteiger partial charge on any atom is 0.414 e. The smallest absolute Gasteiger partial charge is 0.414 e. The van der Waals surface area contributed by atoms with Crippen molar-refractivity contribution in [2.75, 3.05) is 54.5 Å². The van der Waals surface area contributed by atoms with Crippen molar-refractivity contribution in [1.29, 1.82) is 0 Å². The first kappa shape index (κ1) is 22.3. The first-order valence-electron chi connectivity index (χ1n) is 10.3. The van der Waals surface area contributed by atoms with Crippen LogP contribution in [0.4, 0.5) is 36.7 Å². The minimum Gasteiger partial charge on any atom is -0.442 e. The lowest BCUT2D eigenvalue weighted by molar-refractivity contribution is -0.384. The van der Waals surface area contributed by atoms with Crippen LogP contribution in [0.5, 0.6) is 0 Å². The molecule has 1 atom stereocenters. The maximum atomic E-state index is 14.7. The Labute approximate surface area is 188 Å². The van der Waals surface area contributed by atoms with Crippen molar-refractivity contribution in [1.82, 2.24) is 5.32 Å². The number of cyclic esters (lactones) is 1. The lowest BCUT2D eigenvalue weighted by atomic mass is 10.2. The van der Waals surface area contributed by atoms with E-state index in [1.807, 2.05) is 4.90 Å². The van der Waals surface area contributed by atoms with Gasteiger partial charge in [-0.05, 0) is 30.3 Å². The summed E-state index contributed by atoms with van der Waals surface area (Å²) in [6, 6.07) is 9.39. The van der Waals surface area contributed by atoms with E-state index in [0.29, 0.717) is 43.4 Å². The van der Waals surface area contributed by atoms with Crippen molar-refractivity contribution in [2.45, 2.75) is 6.10 Å². The Kier molecular flexibility index (Phi) is 6.54. The van der Waals surface area contributed by atoms with Crippen molar-refractivity contribution in [3.05, 3.63) is 58.4 Å². The molecule has 3 amide bonds. The van der Waals surface area contributed by atoms with Crippen molar-refractivity contribution < 1.29 is 28.4 Å². The fourth-order valence-electron chi connectivity index (χ4n) is 3.61. The quantitative estimate of drug-likeness (QED) is 0.502. The number of carbonyl (C=O) groups is 2. The molecule has 33 heavy (non-hydrogen) atoms. The van der Waals surface area contributed by atoms with Crippen LogP contribution in [0.3, 0.4) is 0 Å². The van der Waals surface area contributed by atoms with Gasteiger partial charge in [0.05, 0.1) is 42.6 Å². The molecule has 174 valence electrons. The van der Waals surface area contributed by atoms with Crippen LogP contribution < -0.4 is 20.4 Å². The molecule has 2 aromatic rings. The van der Waals surface area contributed by atoms with Gasteiger partial charge >= 0.3 is 12.1 Å². The van der Waals surface area contributed by atoms with Gasteiger partial charge in [0.25, 0.3) is 5.69 Å². The number of rotatable bonds is 6. The van der Waals surface area contributed by atoms with E-state index in [2.05, 4.69) is 10.6 Å². The highest BCUT2D eigenvalue weighted by Crippen LogP contribution is 2.28. The van der Waals surface area contributed by atoms with Crippen molar-refractivity contribution in [2.24, 2.45) is 0 Å². The third-order valence-corrected chi connectivity index (χ3v) is 5.30. The molecule has 12 heteroatoms. The van der Waals surface area contributed by atoms with Gasteiger partial charge in [0, 0.05) is 30.9 Å². The van der Waals surface area contributed by atoms with E-state index < -0.39 is 29.0 Å². The number of nitro benzene ring substituents is 1. The van der Waals surface area contributed by atoms with E-state index in [0.717, 1.165) is 0 Å². The molecule has 2 aliphatic heterocycles. The standard InChI is InChI=1S/C21H22FN5O6/c22-18-11-16(5-6-19(18)25-7-9-32-10-8-25)26-13-17(33-21(26)29)12-23-20(28)24-14-1-3-15(4-2-14)27(30)31/h1-6,11,17H,7-10,12-13H2,(H2,23,24,28)/t17-/m0/s1. The van der Waals surface area contributed by atoms with Crippen molar-refractivity contribution in [3.63, 3.8) is 0 Å². The summed E-state index contributed by atoms with van der Waals surface area (Å²) >= 11 is 0. The average molecular weight is 459 g/mol. The molecule has 0 spiro atoms. The zero-order valence-electron chi connectivity index (χ0n) is 17.5. The SMILES string of the molecule is O=C(NC[C@H]1CN(c2ccc(N3CCOCC3)c(F)c2)C(=O)O1)Nc1ccc([N+](=O)[O-])cc1. The summed E-state index contributed by atoms with van der Waals surface area (Å²) in [5.74, 6) is -0.439. The normalized spacial score (nSPS) is 18.1. The third kappa shape index (κ3) is 5.29. The Morgan fingerprint density at radius 2 is 1.91 bits per heavy atom. The zero-order valence-corrected chi connectivity index (χ0v) is 17.5. The van der Waals surface area contributed by atoms with Gasteiger partial charge in [-0.25, -0.2) is 14.0 Å². The zero-order chi connectivity index (χ0) is 23.4. The molecule has 0 unspecified atom stereocenters. The van der Waals surface area contributed by atoms with Crippen LogP contribution in [0, 0.1) is 15.9 Å². The molecule has 2 aliphatic rings. The van der Waals surface area contributed by atoms with Gasteiger partial charge in [-0.15, -0.1) is 0 Å². The molecule has 0 saturated carbocycles. The number of nitro groups is 1. The number of halogens is 1. The Morgan fingerprint density at radius 3 is 2.58 bits per heavy atom. The topological polar surface area (TPSA) is 126 Å². The van der Waals surface area contributed by atoms with Crippen molar-refractivity contribution >= 4 is 34.9 Å². The highest BCUT2D eigenvalue weighted by atomic mass is 19.1. The number of morpholine rings is 1. The lowest BCUT2D eigenvalue weighted by Crippen LogP contribution is -2.37. The molecule has 0 aromatic heterocycles. The van der Waals surface area contributed by atoms with Gasteiger partial charge in [-0.3, -0.25) is 15.0 Å². The number of nitrogens with zero attached hydrogens (tertiary/aromatic N) is 3. The molecule has 0 bridgehead atoms. The average Bonchev–Trinajstić information content (AvgIpc) is 3.19. The van der Waals surface area contributed by atoms with Gasteiger partial charge < -0.3 is 25.0 Å². The van der Waals surface area contributed by atoms with Crippen LogP contribution in [0.1, 0.15) is 0 Å². The van der Waals surface area contributed by atoms with E-state index in [4.69, 9.17) is 9.47 Å². The Morgan fingerprint density at radius 1 is 1.18 bits per heavy atom. The summed E-state index contributed by atoms with van der Waals surface area (Å²) in [6.07, 6.45) is -1.25. The second-order valence-electron chi connectivity index (χ2n) is 7.49. The molecular formula is C21H22FN5O6. The van der Waals surface area contributed by atoms with Crippen LogP contribution in [-0.2, 0) is 9.47 Å². The first-order valence-corrected chi connectivity index (χ1v) is 10.3. The van der Waals surface area contributed by atoms with E-state index in [-0.39, 0.29) is 18.8 Å². The Balaban J connectivity index is 1.30. The number of hydrogen-bond acceptors (Lipinski definition) is 7. The molecule has 2 aromatic carbocycles.